The summed E-state index contributed by atoms with van der Waals surface area (Å²) in [6, 6.07) is 11.1. The second-order valence-corrected chi connectivity index (χ2v) is 7.24. The van der Waals surface area contributed by atoms with Crippen LogP contribution in [0.3, 0.4) is 0 Å². The Morgan fingerprint density at radius 3 is 2.63 bits per heavy atom. The van der Waals surface area contributed by atoms with Crippen LogP contribution in [-0.2, 0) is 4.79 Å². The van der Waals surface area contributed by atoms with Crippen LogP contribution < -0.4 is 5.32 Å². The van der Waals surface area contributed by atoms with Crippen LogP contribution in [0.5, 0.6) is 0 Å². The minimum absolute atomic E-state index is 0.0834. The lowest BCUT2D eigenvalue weighted by Crippen LogP contribution is -2.44. The first-order valence-electron chi connectivity index (χ1n) is 9.34. The fourth-order valence-electron chi connectivity index (χ4n) is 3.17. The molecule has 2 heterocycles. The molecular formula is C20H26N4O3. The van der Waals surface area contributed by atoms with E-state index in [2.05, 4.69) is 15.5 Å². The van der Waals surface area contributed by atoms with Crippen molar-refractivity contribution >= 4 is 11.8 Å². The third-order valence-electron chi connectivity index (χ3n) is 4.89. The van der Waals surface area contributed by atoms with Gasteiger partial charge in [-0.2, -0.15) is 5.10 Å². The highest BCUT2D eigenvalue weighted by atomic mass is 16.3. The van der Waals surface area contributed by atoms with E-state index in [4.69, 9.17) is 0 Å². The van der Waals surface area contributed by atoms with Crippen molar-refractivity contribution < 1.29 is 14.7 Å². The van der Waals surface area contributed by atoms with Crippen molar-refractivity contribution in [1.82, 2.24) is 20.4 Å². The summed E-state index contributed by atoms with van der Waals surface area (Å²) in [7, 11) is 0. The lowest BCUT2D eigenvalue weighted by molar-refractivity contribution is -0.125. The molecule has 27 heavy (non-hydrogen) atoms. The number of hydrogen-bond donors (Lipinski definition) is 3. The number of aromatic nitrogens is 2. The van der Waals surface area contributed by atoms with E-state index in [1.807, 2.05) is 44.2 Å². The van der Waals surface area contributed by atoms with E-state index in [0.717, 1.165) is 11.3 Å². The van der Waals surface area contributed by atoms with Crippen LogP contribution in [0.1, 0.15) is 37.2 Å². The molecule has 144 valence electrons. The Hall–Kier alpha value is -2.67. The van der Waals surface area contributed by atoms with Crippen molar-refractivity contribution in [2.45, 2.75) is 38.8 Å². The minimum Gasteiger partial charge on any atom is -0.391 e. The highest BCUT2D eigenvalue weighted by Crippen LogP contribution is 2.19. The molecule has 0 bridgehead atoms. The first kappa shape index (κ1) is 19.1. The van der Waals surface area contributed by atoms with Gasteiger partial charge in [0, 0.05) is 24.6 Å². The minimum atomic E-state index is -0.660. The van der Waals surface area contributed by atoms with Gasteiger partial charge in [0.25, 0.3) is 5.91 Å². The summed E-state index contributed by atoms with van der Waals surface area (Å²) >= 11 is 0. The number of hydrogen-bond acceptors (Lipinski definition) is 4. The van der Waals surface area contributed by atoms with E-state index >= 15 is 0 Å². The number of amides is 2. The molecule has 1 saturated heterocycles. The average molecular weight is 370 g/mol. The maximum Gasteiger partial charge on any atom is 0.271 e. The van der Waals surface area contributed by atoms with Gasteiger partial charge in [-0.05, 0) is 18.9 Å². The number of aromatic amines is 1. The number of aliphatic hydroxyl groups is 1. The van der Waals surface area contributed by atoms with E-state index in [1.165, 1.54) is 0 Å². The molecule has 1 aliphatic rings. The SMILES string of the molecule is CC(C)C(=O)N[C@H]1CCN(C(=O)c2cc(-c3ccccc3)n[nH]2)CC[C@@H]1O. The van der Waals surface area contributed by atoms with Crippen LogP contribution in [0.25, 0.3) is 11.3 Å². The molecule has 0 spiro atoms. The van der Waals surface area contributed by atoms with E-state index in [0.29, 0.717) is 31.6 Å². The molecule has 0 aliphatic carbocycles. The topological polar surface area (TPSA) is 98.3 Å². The van der Waals surface area contributed by atoms with Gasteiger partial charge in [0.05, 0.1) is 17.8 Å². The van der Waals surface area contributed by atoms with Crippen molar-refractivity contribution in [2.24, 2.45) is 5.92 Å². The molecule has 1 fully saturated rings. The molecule has 3 N–H and O–H groups in total. The summed E-state index contributed by atoms with van der Waals surface area (Å²) in [4.78, 5) is 26.5. The Balaban J connectivity index is 1.66. The molecular weight excluding hydrogens is 344 g/mol. The normalized spacial score (nSPS) is 20.4. The van der Waals surface area contributed by atoms with Crippen LogP contribution >= 0.6 is 0 Å². The smallest absolute Gasteiger partial charge is 0.271 e. The highest BCUT2D eigenvalue weighted by Gasteiger charge is 2.29. The van der Waals surface area contributed by atoms with Crippen molar-refractivity contribution in [3.63, 3.8) is 0 Å². The van der Waals surface area contributed by atoms with E-state index in [1.54, 1.807) is 11.0 Å². The zero-order chi connectivity index (χ0) is 19.4. The maximum atomic E-state index is 12.8. The molecule has 2 aromatic rings. The lowest BCUT2D eigenvalue weighted by Gasteiger charge is -2.22. The predicted molar refractivity (Wildman–Crippen MR) is 102 cm³/mol. The summed E-state index contributed by atoms with van der Waals surface area (Å²) in [5, 5.41) is 20.3. The van der Waals surface area contributed by atoms with Crippen LogP contribution in [0.2, 0.25) is 0 Å². The van der Waals surface area contributed by atoms with E-state index < -0.39 is 6.10 Å². The quantitative estimate of drug-likeness (QED) is 0.764. The number of carbonyl (C=O) groups is 2. The van der Waals surface area contributed by atoms with E-state index in [9.17, 15) is 14.7 Å². The van der Waals surface area contributed by atoms with Crippen LogP contribution in [0.4, 0.5) is 0 Å². The van der Waals surface area contributed by atoms with Gasteiger partial charge >= 0.3 is 0 Å². The van der Waals surface area contributed by atoms with Gasteiger partial charge in [-0.3, -0.25) is 14.7 Å². The second-order valence-electron chi connectivity index (χ2n) is 7.24. The second kappa shape index (κ2) is 8.35. The van der Waals surface area contributed by atoms with Gasteiger partial charge < -0.3 is 15.3 Å². The number of likely N-dealkylation sites (tertiary alicyclic amines) is 1. The third kappa shape index (κ3) is 4.54. The molecule has 0 unspecified atom stereocenters. The van der Waals surface area contributed by atoms with Crippen LogP contribution in [0, 0.1) is 5.92 Å². The van der Waals surface area contributed by atoms with E-state index in [-0.39, 0.29) is 23.8 Å². The third-order valence-corrected chi connectivity index (χ3v) is 4.89. The van der Waals surface area contributed by atoms with Gasteiger partial charge in [0.1, 0.15) is 5.69 Å². The molecule has 7 nitrogen and oxygen atoms in total. The van der Waals surface area contributed by atoms with Crippen molar-refractivity contribution in [1.29, 1.82) is 0 Å². The zero-order valence-electron chi connectivity index (χ0n) is 15.7. The van der Waals surface area contributed by atoms with Gasteiger partial charge in [0.2, 0.25) is 5.91 Å². The first-order valence-corrected chi connectivity index (χ1v) is 9.34. The molecule has 0 saturated carbocycles. The van der Waals surface area contributed by atoms with Gasteiger partial charge in [-0.15, -0.1) is 0 Å². The summed E-state index contributed by atoms with van der Waals surface area (Å²) < 4.78 is 0. The number of nitrogens with zero attached hydrogens (tertiary/aromatic N) is 2. The Labute approximate surface area is 158 Å². The van der Waals surface area contributed by atoms with Crippen molar-refractivity contribution in [3.8, 4) is 11.3 Å². The average Bonchev–Trinajstić information content (AvgIpc) is 3.09. The number of benzene rings is 1. The lowest BCUT2D eigenvalue weighted by atomic mass is 10.1. The molecule has 0 radical (unpaired) electrons. The Kier molecular flexibility index (Phi) is 5.91. The largest absolute Gasteiger partial charge is 0.391 e. The number of aliphatic hydroxyl groups excluding tert-OH is 1. The first-order chi connectivity index (χ1) is 13.0. The molecule has 2 amide bonds. The van der Waals surface area contributed by atoms with Gasteiger partial charge in [-0.25, -0.2) is 0 Å². The standard InChI is InChI=1S/C20H26N4O3/c1-13(2)19(26)21-15-8-10-24(11-9-18(15)25)20(27)17-12-16(22-23-17)14-6-4-3-5-7-14/h3-7,12-13,15,18,25H,8-11H2,1-2H3,(H,21,26)(H,22,23)/t15-,18-/m0/s1. The molecule has 2 atom stereocenters. The summed E-state index contributed by atoms with van der Waals surface area (Å²) in [6.45, 7) is 4.54. The number of nitrogens with one attached hydrogen (secondary N) is 2. The maximum absolute atomic E-state index is 12.8. The number of H-pyrrole nitrogens is 1. The Morgan fingerprint density at radius 1 is 1.22 bits per heavy atom. The van der Waals surface area contributed by atoms with Gasteiger partial charge in [-0.1, -0.05) is 44.2 Å². The van der Waals surface area contributed by atoms with Crippen molar-refractivity contribution in [3.05, 3.63) is 42.1 Å². The Bertz CT molecular complexity index is 788. The fraction of sp³-hybridized carbons (Fsp3) is 0.450. The summed E-state index contributed by atoms with van der Waals surface area (Å²) in [5.74, 6) is -0.368. The molecule has 7 heteroatoms. The highest BCUT2D eigenvalue weighted by molar-refractivity contribution is 5.93. The summed E-state index contributed by atoms with van der Waals surface area (Å²) in [5.41, 5.74) is 2.08. The summed E-state index contributed by atoms with van der Waals surface area (Å²) in [6.07, 6.45) is 0.284. The Morgan fingerprint density at radius 2 is 1.93 bits per heavy atom. The molecule has 1 aromatic heterocycles. The fourth-order valence-corrected chi connectivity index (χ4v) is 3.17. The van der Waals surface area contributed by atoms with Crippen LogP contribution in [-0.4, -0.2) is 57.3 Å². The van der Waals surface area contributed by atoms with Crippen LogP contribution in [0.15, 0.2) is 36.4 Å². The van der Waals surface area contributed by atoms with Gasteiger partial charge in [0.15, 0.2) is 0 Å². The molecule has 1 aromatic carbocycles. The zero-order valence-corrected chi connectivity index (χ0v) is 15.7. The van der Waals surface area contributed by atoms with Crippen molar-refractivity contribution in [2.75, 3.05) is 13.1 Å². The molecule has 3 rings (SSSR count). The number of rotatable bonds is 4. The molecule has 1 aliphatic heterocycles. The predicted octanol–water partition coefficient (Wildman–Crippen LogP) is 1.81. The number of carbonyl (C=O) groups excluding carboxylic acids is 2. The monoisotopic (exact) mass is 370 g/mol.